The van der Waals surface area contributed by atoms with Crippen molar-refractivity contribution in [3.8, 4) is 0 Å². The molecule has 86 valence electrons. The van der Waals surface area contributed by atoms with Crippen LogP contribution in [0, 0.1) is 0 Å². The highest BCUT2D eigenvalue weighted by atomic mass is 16.7. The van der Waals surface area contributed by atoms with Crippen LogP contribution in [-0.2, 0) is 23.8 Å². The van der Waals surface area contributed by atoms with Gasteiger partial charge < -0.3 is 19.3 Å². The summed E-state index contributed by atoms with van der Waals surface area (Å²) in [6.07, 6.45) is -2.16. The maximum Gasteiger partial charge on any atom is 0.303 e. The third-order valence-electron chi connectivity index (χ3n) is 1.92. The molecule has 6 nitrogen and oxygen atoms in total. The van der Waals surface area contributed by atoms with Crippen LogP contribution in [0.1, 0.15) is 20.3 Å². The highest BCUT2D eigenvalue weighted by Gasteiger charge is 2.33. The number of carbonyl (C=O) groups excluding carboxylic acids is 2. The number of hydrogen-bond donors (Lipinski definition) is 1. The fourth-order valence-corrected chi connectivity index (χ4v) is 1.39. The van der Waals surface area contributed by atoms with Gasteiger partial charge in [-0.15, -0.1) is 0 Å². The molecule has 1 rings (SSSR count). The molecule has 1 unspecified atom stereocenters. The van der Waals surface area contributed by atoms with Crippen LogP contribution >= 0.6 is 0 Å². The Morgan fingerprint density at radius 2 is 1.87 bits per heavy atom. The Hall–Kier alpha value is -1.14. The molecule has 0 aromatic carbocycles. The van der Waals surface area contributed by atoms with Crippen molar-refractivity contribution >= 4 is 11.9 Å². The van der Waals surface area contributed by atoms with Crippen LogP contribution in [0.5, 0.6) is 0 Å². The average Bonchev–Trinajstić information content (AvgIpc) is 2.09. The summed E-state index contributed by atoms with van der Waals surface area (Å²) in [5.41, 5.74) is 0. The van der Waals surface area contributed by atoms with Gasteiger partial charge in [-0.05, 0) is 0 Å². The Balaban J connectivity index is 2.47. The zero-order valence-corrected chi connectivity index (χ0v) is 8.63. The zero-order valence-electron chi connectivity index (χ0n) is 8.63. The van der Waals surface area contributed by atoms with Crippen LogP contribution < -0.4 is 0 Å². The van der Waals surface area contributed by atoms with Crippen molar-refractivity contribution < 1.29 is 28.9 Å². The van der Waals surface area contributed by atoms with Crippen LogP contribution in [0.25, 0.3) is 0 Å². The van der Waals surface area contributed by atoms with Crippen molar-refractivity contribution in [2.75, 3.05) is 6.61 Å². The van der Waals surface area contributed by atoms with E-state index in [1.165, 1.54) is 13.8 Å². The smallest absolute Gasteiger partial charge is 0.303 e. The molecule has 6 heteroatoms. The van der Waals surface area contributed by atoms with Crippen LogP contribution in [-0.4, -0.2) is 42.1 Å². The van der Waals surface area contributed by atoms with E-state index in [0.29, 0.717) is 0 Å². The lowest BCUT2D eigenvalue weighted by molar-refractivity contribution is -0.229. The van der Waals surface area contributed by atoms with Gasteiger partial charge in [-0.2, -0.15) is 0 Å². The van der Waals surface area contributed by atoms with Gasteiger partial charge in [-0.25, -0.2) is 0 Å². The van der Waals surface area contributed by atoms with Crippen LogP contribution in [0.4, 0.5) is 0 Å². The Bertz CT molecular complexity index is 251. The van der Waals surface area contributed by atoms with Crippen molar-refractivity contribution in [3.63, 3.8) is 0 Å². The van der Waals surface area contributed by atoms with E-state index in [1.807, 2.05) is 0 Å². The SMILES string of the molecule is CC(=O)O[C@H]1COC(O)[C@@H](OC(C)=O)C1. The Morgan fingerprint density at radius 1 is 1.27 bits per heavy atom. The monoisotopic (exact) mass is 218 g/mol. The molecule has 0 spiro atoms. The van der Waals surface area contributed by atoms with Crippen LogP contribution in [0.2, 0.25) is 0 Å². The summed E-state index contributed by atoms with van der Waals surface area (Å²) in [5.74, 6) is -0.937. The van der Waals surface area contributed by atoms with Gasteiger partial charge in [0, 0.05) is 20.3 Å². The molecule has 1 aliphatic heterocycles. The summed E-state index contributed by atoms with van der Waals surface area (Å²) in [6.45, 7) is 2.63. The highest BCUT2D eigenvalue weighted by molar-refractivity contribution is 5.66. The van der Waals surface area contributed by atoms with Crippen LogP contribution in [0.3, 0.4) is 0 Å². The minimum absolute atomic E-state index is 0.110. The molecule has 1 fully saturated rings. The van der Waals surface area contributed by atoms with Crippen LogP contribution in [0.15, 0.2) is 0 Å². The Morgan fingerprint density at radius 3 is 2.40 bits per heavy atom. The van der Waals surface area contributed by atoms with Gasteiger partial charge in [-0.3, -0.25) is 9.59 Å². The quantitative estimate of drug-likeness (QED) is 0.634. The molecular weight excluding hydrogens is 204 g/mol. The van der Waals surface area contributed by atoms with Crippen molar-refractivity contribution in [2.24, 2.45) is 0 Å². The molecule has 0 aromatic rings. The summed E-state index contributed by atoms with van der Waals surface area (Å²) in [4.78, 5) is 21.4. The van der Waals surface area contributed by atoms with E-state index in [2.05, 4.69) is 0 Å². The predicted molar refractivity (Wildman–Crippen MR) is 47.7 cm³/mol. The standard InChI is InChI=1S/C9H14O6/c1-5(10)14-7-3-8(15-6(2)11)9(12)13-4-7/h7-9,12H,3-4H2,1-2H3/t7-,8+,9?/m1/s1. The van der Waals surface area contributed by atoms with E-state index in [1.54, 1.807) is 0 Å². The molecule has 3 atom stereocenters. The molecule has 0 radical (unpaired) electrons. The Labute approximate surface area is 87.1 Å². The molecule has 1 heterocycles. The molecule has 0 aliphatic carbocycles. The van der Waals surface area contributed by atoms with E-state index in [9.17, 15) is 14.7 Å². The van der Waals surface area contributed by atoms with E-state index in [-0.39, 0.29) is 13.0 Å². The first kappa shape index (κ1) is 11.9. The zero-order chi connectivity index (χ0) is 11.4. The number of aliphatic hydroxyl groups excluding tert-OH is 1. The second kappa shape index (κ2) is 5.09. The van der Waals surface area contributed by atoms with E-state index in [4.69, 9.17) is 14.2 Å². The maximum atomic E-state index is 10.7. The molecule has 0 saturated carbocycles. The number of carbonyl (C=O) groups is 2. The van der Waals surface area contributed by atoms with Gasteiger partial charge in [-0.1, -0.05) is 0 Å². The fourth-order valence-electron chi connectivity index (χ4n) is 1.39. The highest BCUT2D eigenvalue weighted by Crippen LogP contribution is 2.18. The average molecular weight is 218 g/mol. The minimum Gasteiger partial charge on any atom is -0.460 e. The number of esters is 2. The summed E-state index contributed by atoms with van der Waals surface area (Å²) < 4.78 is 14.6. The van der Waals surface area contributed by atoms with Crippen molar-refractivity contribution in [3.05, 3.63) is 0 Å². The lowest BCUT2D eigenvalue weighted by atomic mass is 10.1. The first-order valence-electron chi connectivity index (χ1n) is 4.63. The number of aliphatic hydroxyl groups is 1. The molecular formula is C9H14O6. The molecule has 0 aromatic heterocycles. The summed E-state index contributed by atoms with van der Waals surface area (Å²) >= 11 is 0. The van der Waals surface area contributed by atoms with Gasteiger partial charge in [0.05, 0.1) is 6.61 Å². The molecule has 1 aliphatic rings. The van der Waals surface area contributed by atoms with Gasteiger partial charge in [0.2, 0.25) is 0 Å². The van der Waals surface area contributed by atoms with E-state index >= 15 is 0 Å². The fraction of sp³-hybridized carbons (Fsp3) is 0.778. The lowest BCUT2D eigenvalue weighted by Gasteiger charge is -2.31. The third kappa shape index (κ3) is 3.85. The summed E-state index contributed by atoms with van der Waals surface area (Å²) in [6, 6.07) is 0. The minimum atomic E-state index is -1.15. The van der Waals surface area contributed by atoms with E-state index in [0.717, 1.165) is 0 Å². The lowest BCUT2D eigenvalue weighted by Crippen LogP contribution is -2.44. The number of rotatable bonds is 2. The summed E-state index contributed by atoms with van der Waals surface area (Å²) in [5, 5.41) is 9.33. The second-order valence-corrected chi connectivity index (χ2v) is 3.34. The largest absolute Gasteiger partial charge is 0.460 e. The number of ether oxygens (including phenoxy) is 3. The first-order valence-corrected chi connectivity index (χ1v) is 4.63. The van der Waals surface area contributed by atoms with Crippen molar-refractivity contribution in [2.45, 2.75) is 38.8 Å². The predicted octanol–water partition coefficient (Wildman–Crippen LogP) is -0.412. The first-order chi connectivity index (χ1) is 6.99. The van der Waals surface area contributed by atoms with Gasteiger partial charge >= 0.3 is 11.9 Å². The molecule has 1 N–H and O–H groups in total. The summed E-state index contributed by atoms with van der Waals surface area (Å²) in [7, 11) is 0. The van der Waals surface area contributed by atoms with Crippen molar-refractivity contribution in [1.82, 2.24) is 0 Å². The topological polar surface area (TPSA) is 82.1 Å². The van der Waals surface area contributed by atoms with Crippen molar-refractivity contribution in [1.29, 1.82) is 0 Å². The molecule has 1 saturated heterocycles. The van der Waals surface area contributed by atoms with E-state index < -0.39 is 30.4 Å². The third-order valence-corrected chi connectivity index (χ3v) is 1.92. The Kier molecular flexibility index (Phi) is 4.05. The molecule has 15 heavy (non-hydrogen) atoms. The second-order valence-electron chi connectivity index (χ2n) is 3.34. The van der Waals surface area contributed by atoms with Gasteiger partial charge in [0.15, 0.2) is 12.4 Å². The van der Waals surface area contributed by atoms with Gasteiger partial charge in [0.25, 0.3) is 0 Å². The normalized spacial score (nSPS) is 30.7. The van der Waals surface area contributed by atoms with Gasteiger partial charge in [0.1, 0.15) is 6.10 Å². The molecule has 0 amide bonds. The maximum absolute atomic E-state index is 10.7. The molecule has 0 bridgehead atoms. The number of hydrogen-bond acceptors (Lipinski definition) is 6.